The van der Waals surface area contributed by atoms with Crippen molar-refractivity contribution in [1.82, 2.24) is 4.90 Å². The van der Waals surface area contributed by atoms with E-state index in [-0.39, 0.29) is 10.7 Å². The van der Waals surface area contributed by atoms with Crippen LogP contribution in [0.2, 0.25) is 0 Å². The van der Waals surface area contributed by atoms with E-state index in [1.165, 1.54) is 0 Å². The van der Waals surface area contributed by atoms with Crippen LogP contribution in [0, 0.1) is 0 Å². The normalized spacial score (nSPS) is 20.9. The molecular formula is C10H18ClNOS. The van der Waals surface area contributed by atoms with Gasteiger partial charge in [-0.2, -0.15) is 11.8 Å². The van der Waals surface area contributed by atoms with Gasteiger partial charge in [0.2, 0.25) is 5.91 Å². The van der Waals surface area contributed by atoms with Crippen molar-refractivity contribution in [2.24, 2.45) is 0 Å². The number of nitrogens with zero attached hydrogens (tertiary/aromatic N) is 1. The summed E-state index contributed by atoms with van der Waals surface area (Å²) in [6, 6.07) is 0. The van der Waals surface area contributed by atoms with E-state index in [9.17, 15) is 4.79 Å². The van der Waals surface area contributed by atoms with E-state index in [1.807, 2.05) is 16.7 Å². The van der Waals surface area contributed by atoms with Gasteiger partial charge in [0.25, 0.3) is 0 Å². The smallest absolute Gasteiger partial charge is 0.222 e. The predicted molar refractivity (Wildman–Crippen MR) is 63.1 cm³/mol. The van der Waals surface area contributed by atoms with E-state index in [4.69, 9.17) is 11.6 Å². The highest BCUT2D eigenvalue weighted by Crippen LogP contribution is 2.29. The lowest BCUT2D eigenvalue weighted by molar-refractivity contribution is -0.131. The lowest BCUT2D eigenvalue weighted by atomic mass is 10.1. The standard InChI is InChI=1S/C10H18ClNOS/c1-10(2)8-12(6-7-14-10)9(13)4-3-5-11/h3-8H2,1-2H3. The Morgan fingerprint density at radius 1 is 1.57 bits per heavy atom. The topological polar surface area (TPSA) is 20.3 Å². The molecule has 0 spiro atoms. The van der Waals surface area contributed by atoms with Crippen LogP contribution in [0.1, 0.15) is 26.7 Å². The molecule has 1 rings (SSSR count). The van der Waals surface area contributed by atoms with Crippen LogP contribution < -0.4 is 0 Å². The second-order valence-electron chi connectivity index (χ2n) is 4.22. The summed E-state index contributed by atoms with van der Waals surface area (Å²) in [5.41, 5.74) is 0. The minimum Gasteiger partial charge on any atom is -0.341 e. The molecule has 2 nitrogen and oxygen atoms in total. The first-order chi connectivity index (χ1) is 6.55. The van der Waals surface area contributed by atoms with Crippen molar-refractivity contribution in [2.75, 3.05) is 24.7 Å². The van der Waals surface area contributed by atoms with Gasteiger partial charge in [-0.15, -0.1) is 11.6 Å². The van der Waals surface area contributed by atoms with E-state index >= 15 is 0 Å². The van der Waals surface area contributed by atoms with Gasteiger partial charge in [-0.05, 0) is 20.3 Å². The highest BCUT2D eigenvalue weighted by Gasteiger charge is 2.29. The van der Waals surface area contributed by atoms with Crippen LogP contribution in [-0.4, -0.2) is 40.3 Å². The first-order valence-corrected chi connectivity index (χ1v) is 6.55. The minimum atomic E-state index is 0.217. The van der Waals surface area contributed by atoms with Gasteiger partial charge >= 0.3 is 0 Å². The molecule has 0 aromatic carbocycles. The fourth-order valence-electron chi connectivity index (χ4n) is 1.61. The molecule has 0 aromatic rings. The van der Waals surface area contributed by atoms with E-state index in [1.54, 1.807) is 0 Å². The predicted octanol–water partition coefficient (Wildman–Crippen LogP) is 2.36. The van der Waals surface area contributed by atoms with Gasteiger partial charge in [0, 0.05) is 35.9 Å². The molecule has 0 N–H and O–H groups in total. The van der Waals surface area contributed by atoms with Crippen LogP contribution in [0.4, 0.5) is 0 Å². The molecule has 1 amide bonds. The van der Waals surface area contributed by atoms with Gasteiger partial charge < -0.3 is 4.90 Å². The molecule has 14 heavy (non-hydrogen) atoms. The average molecular weight is 236 g/mol. The molecule has 1 aliphatic rings. The van der Waals surface area contributed by atoms with Crippen molar-refractivity contribution < 1.29 is 4.79 Å². The van der Waals surface area contributed by atoms with Gasteiger partial charge in [0.1, 0.15) is 0 Å². The first-order valence-electron chi connectivity index (χ1n) is 5.03. The zero-order valence-electron chi connectivity index (χ0n) is 8.88. The SMILES string of the molecule is CC1(C)CN(C(=O)CCCCl)CCS1. The maximum Gasteiger partial charge on any atom is 0.222 e. The average Bonchev–Trinajstić information content (AvgIpc) is 2.12. The summed E-state index contributed by atoms with van der Waals surface area (Å²) < 4.78 is 0.217. The van der Waals surface area contributed by atoms with E-state index in [0.717, 1.165) is 25.3 Å². The molecule has 1 saturated heterocycles. The van der Waals surface area contributed by atoms with Crippen LogP contribution in [0.3, 0.4) is 0 Å². The fraction of sp³-hybridized carbons (Fsp3) is 0.900. The number of carbonyl (C=O) groups excluding carboxylic acids is 1. The van der Waals surface area contributed by atoms with E-state index < -0.39 is 0 Å². The first kappa shape index (κ1) is 12.2. The summed E-state index contributed by atoms with van der Waals surface area (Å²) in [5.74, 6) is 1.90. The number of thioether (sulfide) groups is 1. The van der Waals surface area contributed by atoms with Crippen molar-refractivity contribution in [1.29, 1.82) is 0 Å². The number of carbonyl (C=O) groups is 1. The molecule has 0 aromatic heterocycles. The van der Waals surface area contributed by atoms with Gasteiger partial charge in [-0.25, -0.2) is 0 Å². The molecule has 1 fully saturated rings. The van der Waals surface area contributed by atoms with Gasteiger partial charge in [-0.3, -0.25) is 4.79 Å². The fourth-order valence-corrected chi connectivity index (χ4v) is 2.85. The third kappa shape index (κ3) is 3.70. The van der Waals surface area contributed by atoms with Crippen molar-refractivity contribution in [2.45, 2.75) is 31.4 Å². The summed E-state index contributed by atoms with van der Waals surface area (Å²) in [6.45, 7) is 6.16. The lowest BCUT2D eigenvalue weighted by Crippen LogP contribution is -2.46. The number of rotatable bonds is 3. The molecule has 0 bridgehead atoms. The van der Waals surface area contributed by atoms with Gasteiger partial charge in [-0.1, -0.05) is 0 Å². The molecule has 0 aliphatic carbocycles. The largest absolute Gasteiger partial charge is 0.341 e. The summed E-state index contributed by atoms with van der Waals surface area (Å²) >= 11 is 7.51. The zero-order chi connectivity index (χ0) is 10.6. The van der Waals surface area contributed by atoms with E-state index in [2.05, 4.69) is 13.8 Å². The Morgan fingerprint density at radius 3 is 2.86 bits per heavy atom. The molecule has 1 heterocycles. The molecule has 1 aliphatic heterocycles. The van der Waals surface area contributed by atoms with Crippen LogP contribution in [0.25, 0.3) is 0 Å². The maximum atomic E-state index is 11.7. The second kappa shape index (κ2) is 5.26. The Labute approximate surface area is 95.4 Å². The van der Waals surface area contributed by atoms with Gasteiger partial charge in [0.15, 0.2) is 0 Å². The monoisotopic (exact) mass is 235 g/mol. The van der Waals surface area contributed by atoms with Crippen LogP contribution in [-0.2, 0) is 4.79 Å². The summed E-state index contributed by atoms with van der Waals surface area (Å²) in [5, 5.41) is 0. The Morgan fingerprint density at radius 2 is 2.29 bits per heavy atom. The Bertz CT molecular complexity index is 208. The number of halogens is 1. The number of amides is 1. The number of hydrogen-bond donors (Lipinski definition) is 0. The molecule has 0 radical (unpaired) electrons. The molecule has 0 atom stereocenters. The van der Waals surface area contributed by atoms with Crippen molar-refractivity contribution >= 4 is 29.3 Å². The maximum absolute atomic E-state index is 11.7. The number of hydrogen-bond acceptors (Lipinski definition) is 2. The van der Waals surface area contributed by atoms with Crippen LogP contribution in [0.5, 0.6) is 0 Å². The quantitative estimate of drug-likeness (QED) is 0.700. The second-order valence-corrected chi connectivity index (χ2v) is 6.40. The summed E-state index contributed by atoms with van der Waals surface area (Å²) in [4.78, 5) is 13.7. The molecule has 0 saturated carbocycles. The summed E-state index contributed by atoms with van der Waals surface area (Å²) in [6.07, 6.45) is 1.40. The highest BCUT2D eigenvalue weighted by molar-refractivity contribution is 8.00. The van der Waals surface area contributed by atoms with Crippen LogP contribution in [0.15, 0.2) is 0 Å². The Hall–Kier alpha value is 0.110. The molecular weight excluding hydrogens is 218 g/mol. The van der Waals surface area contributed by atoms with Crippen molar-refractivity contribution in [3.8, 4) is 0 Å². The third-order valence-corrected chi connectivity index (χ3v) is 3.87. The molecule has 0 unspecified atom stereocenters. The van der Waals surface area contributed by atoms with Gasteiger partial charge in [0.05, 0.1) is 0 Å². The Kier molecular flexibility index (Phi) is 4.58. The zero-order valence-corrected chi connectivity index (χ0v) is 10.5. The lowest BCUT2D eigenvalue weighted by Gasteiger charge is -2.37. The highest BCUT2D eigenvalue weighted by atomic mass is 35.5. The number of alkyl halides is 1. The molecule has 82 valence electrons. The molecule has 4 heteroatoms. The van der Waals surface area contributed by atoms with Crippen LogP contribution >= 0.6 is 23.4 Å². The third-order valence-electron chi connectivity index (χ3n) is 2.30. The van der Waals surface area contributed by atoms with E-state index in [0.29, 0.717) is 12.3 Å². The Balaban J connectivity index is 2.40. The van der Waals surface area contributed by atoms with Crippen molar-refractivity contribution in [3.05, 3.63) is 0 Å². The summed E-state index contributed by atoms with van der Waals surface area (Å²) in [7, 11) is 0. The van der Waals surface area contributed by atoms with Crippen molar-refractivity contribution in [3.63, 3.8) is 0 Å². The minimum absolute atomic E-state index is 0.217.